The minimum absolute atomic E-state index is 0.0801. The van der Waals surface area contributed by atoms with Gasteiger partial charge in [-0.25, -0.2) is 4.79 Å². The van der Waals surface area contributed by atoms with E-state index in [0.717, 1.165) is 12.0 Å². The average molecular weight is 333 g/mol. The van der Waals surface area contributed by atoms with E-state index in [1.165, 1.54) is 6.26 Å². The van der Waals surface area contributed by atoms with E-state index in [0.29, 0.717) is 38.5 Å². The second kappa shape index (κ2) is 7.32. The van der Waals surface area contributed by atoms with Gasteiger partial charge in [0.15, 0.2) is 5.76 Å². The van der Waals surface area contributed by atoms with Gasteiger partial charge in [-0.2, -0.15) is 11.3 Å². The number of hydrogen-bond acceptors (Lipinski definition) is 4. The maximum absolute atomic E-state index is 12.3. The molecule has 3 rings (SSSR count). The van der Waals surface area contributed by atoms with E-state index in [4.69, 9.17) is 4.42 Å². The third-order valence-corrected chi connectivity index (χ3v) is 4.56. The molecule has 6 nitrogen and oxygen atoms in total. The smallest absolute Gasteiger partial charge is 0.317 e. The fraction of sp³-hybridized carbons (Fsp3) is 0.375. The molecule has 0 saturated carbocycles. The van der Waals surface area contributed by atoms with Crippen LogP contribution in [0.1, 0.15) is 22.5 Å². The molecule has 1 N–H and O–H groups in total. The maximum Gasteiger partial charge on any atom is 0.317 e. The number of hydrogen-bond donors (Lipinski definition) is 1. The Morgan fingerprint density at radius 3 is 2.74 bits per heavy atom. The van der Waals surface area contributed by atoms with Crippen molar-refractivity contribution in [3.05, 3.63) is 46.5 Å². The Balaban J connectivity index is 1.51. The van der Waals surface area contributed by atoms with Crippen LogP contribution >= 0.6 is 11.3 Å². The summed E-state index contributed by atoms with van der Waals surface area (Å²) in [5, 5.41) is 6.94. The zero-order valence-electron chi connectivity index (χ0n) is 12.7. The van der Waals surface area contributed by atoms with Crippen LogP contribution in [-0.2, 0) is 6.54 Å². The van der Waals surface area contributed by atoms with Crippen LogP contribution in [0.2, 0.25) is 0 Å². The number of furan rings is 1. The minimum Gasteiger partial charge on any atom is -0.459 e. The average Bonchev–Trinajstić information content (AvgIpc) is 3.22. The summed E-state index contributed by atoms with van der Waals surface area (Å²) >= 11 is 1.61. The highest BCUT2D eigenvalue weighted by Gasteiger charge is 2.23. The molecule has 0 aromatic carbocycles. The standard InChI is InChI=1S/C16H19N3O3S/c20-15(14-3-1-9-22-14)18-5-2-6-19(8-7-18)16(21)17-11-13-4-10-23-12-13/h1,3-4,9-10,12H,2,5-8,11H2,(H,17,21). The van der Waals surface area contributed by atoms with E-state index in [9.17, 15) is 9.59 Å². The molecular formula is C16H19N3O3S. The molecule has 0 bridgehead atoms. The number of amides is 3. The third kappa shape index (κ3) is 3.92. The van der Waals surface area contributed by atoms with E-state index >= 15 is 0 Å². The van der Waals surface area contributed by atoms with Crippen LogP contribution in [0.3, 0.4) is 0 Å². The molecule has 1 aliphatic rings. The number of rotatable bonds is 3. The topological polar surface area (TPSA) is 65.8 Å². The number of carbonyl (C=O) groups is 2. The molecule has 0 aliphatic carbocycles. The van der Waals surface area contributed by atoms with Gasteiger partial charge in [-0.3, -0.25) is 4.79 Å². The van der Waals surface area contributed by atoms with Crippen molar-refractivity contribution in [3.63, 3.8) is 0 Å². The Morgan fingerprint density at radius 2 is 2.00 bits per heavy atom. The normalized spacial score (nSPS) is 15.3. The van der Waals surface area contributed by atoms with Gasteiger partial charge < -0.3 is 19.5 Å². The summed E-state index contributed by atoms with van der Waals surface area (Å²) in [7, 11) is 0. The first-order valence-corrected chi connectivity index (χ1v) is 8.55. The van der Waals surface area contributed by atoms with Crippen molar-refractivity contribution in [3.8, 4) is 0 Å². The Labute approximate surface area is 138 Å². The second-order valence-corrected chi connectivity index (χ2v) is 6.18. The first-order chi connectivity index (χ1) is 11.2. The van der Waals surface area contributed by atoms with Crippen molar-refractivity contribution in [2.75, 3.05) is 26.2 Å². The lowest BCUT2D eigenvalue weighted by molar-refractivity contribution is 0.0730. The highest BCUT2D eigenvalue weighted by atomic mass is 32.1. The molecule has 3 heterocycles. The monoisotopic (exact) mass is 333 g/mol. The molecular weight excluding hydrogens is 314 g/mol. The molecule has 122 valence electrons. The minimum atomic E-state index is -0.115. The van der Waals surface area contributed by atoms with Gasteiger partial charge >= 0.3 is 6.03 Å². The summed E-state index contributed by atoms with van der Waals surface area (Å²) < 4.78 is 5.16. The molecule has 0 unspecified atom stereocenters. The lowest BCUT2D eigenvalue weighted by Gasteiger charge is -2.22. The van der Waals surface area contributed by atoms with Gasteiger partial charge in [-0.15, -0.1) is 0 Å². The number of thiophene rings is 1. The van der Waals surface area contributed by atoms with Gasteiger partial charge in [-0.05, 0) is 40.9 Å². The largest absolute Gasteiger partial charge is 0.459 e. The van der Waals surface area contributed by atoms with E-state index in [2.05, 4.69) is 5.32 Å². The van der Waals surface area contributed by atoms with Crippen molar-refractivity contribution in [1.29, 1.82) is 0 Å². The summed E-state index contributed by atoms with van der Waals surface area (Å²) in [6, 6.07) is 5.29. The quantitative estimate of drug-likeness (QED) is 0.938. The Morgan fingerprint density at radius 1 is 1.17 bits per heavy atom. The number of nitrogens with one attached hydrogen (secondary N) is 1. The van der Waals surface area contributed by atoms with Crippen LogP contribution < -0.4 is 5.32 Å². The third-order valence-electron chi connectivity index (χ3n) is 3.83. The van der Waals surface area contributed by atoms with Crippen molar-refractivity contribution >= 4 is 23.3 Å². The first kappa shape index (κ1) is 15.6. The van der Waals surface area contributed by atoms with E-state index < -0.39 is 0 Å². The predicted molar refractivity (Wildman–Crippen MR) is 87.4 cm³/mol. The number of nitrogens with zero attached hydrogens (tertiary/aromatic N) is 2. The van der Waals surface area contributed by atoms with Gasteiger partial charge in [-0.1, -0.05) is 0 Å². The fourth-order valence-corrected chi connectivity index (χ4v) is 3.23. The summed E-state index contributed by atoms with van der Waals surface area (Å²) in [5.74, 6) is 0.232. The molecule has 3 amide bonds. The van der Waals surface area contributed by atoms with E-state index in [1.54, 1.807) is 33.3 Å². The van der Waals surface area contributed by atoms with Gasteiger partial charge in [0.05, 0.1) is 6.26 Å². The first-order valence-electron chi connectivity index (χ1n) is 7.60. The van der Waals surface area contributed by atoms with Crippen LogP contribution in [0.4, 0.5) is 4.79 Å². The Kier molecular flexibility index (Phi) is 4.97. The molecule has 0 atom stereocenters. The Hall–Kier alpha value is -2.28. The zero-order chi connectivity index (χ0) is 16.1. The van der Waals surface area contributed by atoms with E-state index in [1.807, 2.05) is 16.8 Å². The van der Waals surface area contributed by atoms with Crippen molar-refractivity contribution in [2.24, 2.45) is 0 Å². The fourth-order valence-electron chi connectivity index (χ4n) is 2.56. The van der Waals surface area contributed by atoms with Crippen molar-refractivity contribution < 1.29 is 14.0 Å². The van der Waals surface area contributed by atoms with Crippen LogP contribution in [-0.4, -0.2) is 47.9 Å². The molecule has 23 heavy (non-hydrogen) atoms. The van der Waals surface area contributed by atoms with Gasteiger partial charge in [0.1, 0.15) is 0 Å². The maximum atomic E-state index is 12.3. The molecule has 1 aliphatic heterocycles. The number of urea groups is 1. The highest BCUT2D eigenvalue weighted by Crippen LogP contribution is 2.10. The predicted octanol–water partition coefficient (Wildman–Crippen LogP) is 2.40. The zero-order valence-corrected chi connectivity index (χ0v) is 13.6. The van der Waals surface area contributed by atoms with Gasteiger partial charge in [0.2, 0.25) is 0 Å². The summed E-state index contributed by atoms with van der Waals surface area (Å²) in [4.78, 5) is 28.0. The molecule has 0 radical (unpaired) electrons. The second-order valence-electron chi connectivity index (χ2n) is 5.40. The summed E-state index contributed by atoms with van der Waals surface area (Å²) in [6.07, 6.45) is 2.26. The van der Waals surface area contributed by atoms with Crippen molar-refractivity contribution in [1.82, 2.24) is 15.1 Å². The molecule has 7 heteroatoms. The summed E-state index contributed by atoms with van der Waals surface area (Å²) in [5.41, 5.74) is 1.10. The molecule has 2 aromatic rings. The van der Waals surface area contributed by atoms with Crippen LogP contribution in [0, 0.1) is 0 Å². The molecule has 1 fully saturated rings. The Bertz CT molecular complexity index is 640. The molecule has 2 aromatic heterocycles. The molecule has 0 spiro atoms. The van der Waals surface area contributed by atoms with Gasteiger partial charge in [0, 0.05) is 32.7 Å². The lowest BCUT2D eigenvalue weighted by Crippen LogP contribution is -2.42. The SMILES string of the molecule is O=C(NCc1ccsc1)N1CCCN(C(=O)c2ccco2)CC1. The van der Waals surface area contributed by atoms with Crippen LogP contribution in [0.15, 0.2) is 39.6 Å². The van der Waals surface area contributed by atoms with Gasteiger partial charge in [0.25, 0.3) is 5.91 Å². The number of carbonyl (C=O) groups excluding carboxylic acids is 2. The summed E-state index contributed by atoms with van der Waals surface area (Å²) in [6.45, 7) is 2.87. The van der Waals surface area contributed by atoms with Crippen LogP contribution in [0.5, 0.6) is 0 Å². The van der Waals surface area contributed by atoms with Crippen LogP contribution in [0.25, 0.3) is 0 Å². The lowest BCUT2D eigenvalue weighted by atomic mass is 10.3. The molecule has 1 saturated heterocycles. The highest BCUT2D eigenvalue weighted by molar-refractivity contribution is 7.07. The van der Waals surface area contributed by atoms with Crippen molar-refractivity contribution in [2.45, 2.75) is 13.0 Å². The van der Waals surface area contributed by atoms with E-state index in [-0.39, 0.29) is 11.9 Å².